The molecule has 30 heavy (non-hydrogen) atoms. The second kappa shape index (κ2) is 10.8. The zero-order valence-electron chi connectivity index (χ0n) is 17.3. The summed E-state index contributed by atoms with van der Waals surface area (Å²) in [5, 5.41) is 4.49. The van der Waals surface area contributed by atoms with Crippen LogP contribution in [0, 0.1) is 0 Å². The Hall–Kier alpha value is -2.77. The quantitative estimate of drug-likeness (QED) is 0.352. The summed E-state index contributed by atoms with van der Waals surface area (Å²) >= 11 is 1.35. The van der Waals surface area contributed by atoms with Crippen LogP contribution < -0.4 is 0 Å². The van der Waals surface area contributed by atoms with Crippen molar-refractivity contribution in [2.75, 3.05) is 26.4 Å². The lowest BCUT2D eigenvalue weighted by Gasteiger charge is -2.22. The number of amides is 1. The van der Waals surface area contributed by atoms with Crippen LogP contribution in [0.5, 0.6) is 0 Å². The number of nitrogens with zero attached hydrogens (tertiary/aromatic N) is 2. The van der Waals surface area contributed by atoms with Crippen LogP contribution in [-0.2, 0) is 16.0 Å². The SMILES string of the molecule is CCOCCCN(Cc1nc(C(=O)OCC)cs1)C(=O)c1ccc2ccccc2c1. The van der Waals surface area contributed by atoms with Crippen molar-refractivity contribution >= 4 is 34.0 Å². The Morgan fingerprint density at radius 3 is 2.63 bits per heavy atom. The van der Waals surface area contributed by atoms with E-state index in [9.17, 15) is 9.59 Å². The molecule has 158 valence electrons. The molecule has 0 aliphatic heterocycles. The van der Waals surface area contributed by atoms with Gasteiger partial charge in [0.2, 0.25) is 0 Å². The van der Waals surface area contributed by atoms with Crippen molar-refractivity contribution in [2.24, 2.45) is 0 Å². The van der Waals surface area contributed by atoms with Crippen molar-refractivity contribution in [1.82, 2.24) is 9.88 Å². The number of aromatic nitrogens is 1. The first kappa shape index (κ1) is 21.9. The number of fused-ring (bicyclic) bond motifs is 1. The van der Waals surface area contributed by atoms with Gasteiger partial charge in [0.25, 0.3) is 5.91 Å². The van der Waals surface area contributed by atoms with Gasteiger partial charge >= 0.3 is 5.97 Å². The highest BCUT2D eigenvalue weighted by Gasteiger charge is 2.19. The van der Waals surface area contributed by atoms with Crippen LogP contribution in [0.2, 0.25) is 0 Å². The minimum atomic E-state index is -0.441. The number of hydrogen-bond donors (Lipinski definition) is 0. The van der Waals surface area contributed by atoms with Gasteiger partial charge in [0.1, 0.15) is 5.01 Å². The fourth-order valence-electron chi connectivity index (χ4n) is 3.10. The van der Waals surface area contributed by atoms with Crippen LogP contribution in [0.25, 0.3) is 10.8 Å². The third-order valence-electron chi connectivity index (χ3n) is 4.57. The van der Waals surface area contributed by atoms with Gasteiger partial charge in [-0.2, -0.15) is 0 Å². The van der Waals surface area contributed by atoms with Gasteiger partial charge in [-0.3, -0.25) is 4.79 Å². The van der Waals surface area contributed by atoms with Crippen LogP contribution in [0.15, 0.2) is 47.8 Å². The Bertz CT molecular complexity index is 1000. The minimum absolute atomic E-state index is 0.0647. The summed E-state index contributed by atoms with van der Waals surface area (Å²) in [6.07, 6.45) is 0.725. The molecule has 1 heterocycles. The van der Waals surface area contributed by atoms with Gasteiger partial charge < -0.3 is 14.4 Å². The van der Waals surface area contributed by atoms with Crippen molar-refractivity contribution in [2.45, 2.75) is 26.8 Å². The van der Waals surface area contributed by atoms with E-state index in [4.69, 9.17) is 9.47 Å². The van der Waals surface area contributed by atoms with Gasteiger partial charge in [0.05, 0.1) is 13.2 Å². The van der Waals surface area contributed by atoms with E-state index >= 15 is 0 Å². The average Bonchev–Trinajstić information content (AvgIpc) is 3.24. The second-order valence-electron chi connectivity index (χ2n) is 6.69. The first-order valence-corrected chi connectivity index (χ1v) is 11.0. The monoisotopic (exact) mass is 426 g/mol. The van der Waals surface area contributed by atoms with E-state index in [2.05, 4.69) is 4.98 Å². The van der Waals surface area contributed by atoms with Crippen LogP contribution in [0.3, 0.4) is 0 Å². The predicted molar refractivity (Wildman–Crippen MR) is 118 cm³/mol. The summed E-state index contributed by atoms with van der Waals surface area (Å²) in [5.74, 6) is -0.506. The average molecular weight is 427 g/mol. The molecule has 0 fully saturated rings. The molecular formula is C23H26N2O4S. The molecule has 0 saturated carbocycles. The molecule has 0 N–H and O–H groups in total. The molecule has 7 heteroatoms. The minimum Gasteiger partial charge on any atom is -0.461 e. The van der Waals surface area contributed by atoms with E-state index < -0.39 is 5.97 Å². The van der Waals surface area contributed by atoms with Gasteiger partial charge in [-0.1, -0.05) is 30.3 Å². The fraction of sp³-hybridized carbons (Fsp3) is 0.348. The molecule has 0 saturated heterocycles. The number of ether oxygens (including phenoxy) is 2. The highest BCUT2D eigenvalue weighted by Crippen LogP contribution is 2.19. The molecule has 0 unspecified atom stereocenters. The molecule has 0 radical (unpaired) electrons. The van der Waals surface area contributed by atoms with Gasteiger partial charge in [0, 0.05) is 30.7 Å². The second-order valence-corrected chi connectivity index (χ2v) is 7.63. The number of hydrogen-bond acceptors (Lipinski definition) is 6. The molecular weight excluding hydrogens is 400 g/mol. The van der Waals surface area contributed by atoms with Crippen molar-refractivity contribution in [1.29, 1.82) is 0 Å². The molecule has 1 amide bonds. The lowest BCUT2D eigenvalue weighted by atomic mass is 10.1. The molecule has 6 nitrogen and oxygen atoms in total. The van der Waals surface area contributed by atoms with Gasteiger partial charge in [-0.25, -0.2) is 9.78 Å². The normalized spacial score (nSPS) is 10.9. The van der Waals surface area contributed by atoms with E-state index in [0.717, 1.165) is 17.2 Å². The van der Waals surface area contributed by atoms with E-state index in [-0.39, 0.29) is 11.6 Å². The highest BCUT2D eigenvalue weighted by atomic mass is 32.1. The maximum absolute atomic E-state index is 13.3. The van der Waals surface area contributed by atoms with Crippen LogP contribution >= 0.6 is 11.3 Å². The molecule has 0 atom stereocenters. The number of carbonyl (C=O) groups is 2. The first-order valence-electron chi connectivity index (χ1n) is 10.1. The molecule has 0 spiro atoms. The number of esters is 1. The summed E-state index contributed by atoms with van der Waals surface area (Å²) in [6, 6.07) is 13.7. The third-order valence-corrected chi connectivity index (χ3v) is 5.40. The number of carbonyl (C=O) groups excluding carboxylic acids is 2. The van der Waals surface area contributed by atoms with E-state index in [1.807, 2.05) is 49.4 Å². The molecule has 0 aliphatic rings. The Labute approximate surface area is 180 Å². The number of rotatable bonds is 10. The van der Waals surface area contributed by atoms with Crippen molar-refractivity contribution in [3.8, 4) is 0 Å². The number of thiazole rings is 1. The van der Waals surface area contributed by atoms with E-state index in [0.29, 0.717) is 43.5 Å². The predicted octanol–water partition coefficient (Wildman–Crippen LogP) is 4.54. The Morgan fingerprint density at radius 2 is 1.87 bits per heavy atom. The molecule has 0 bridgehead atoms. The zero-order valence-corrected chi connectivity index (χ0v) is 18.1. The van der Waals surface area contributed by atoms with Crippen LogP contribution in [0.1, 0.15) is 46.1 Å². The summed E-state index contributed by atoms with van der Waals surface area (Å²) in [5.41, 5.74) is 0.913. The molecule has 1 aromatic heterocycles. The van der Waals surface area contributed by atoms with Crippen molar-refractivity contribution in [3.63, 3.8) is 0 Å². The topological polar surface area (TPSA) is 68.7 Å². The molecule has 0 aliphatic carbocycles. The third kappa shape index (κ3) is 5.64. The summed E-state index contributed by atoms with van der Waals surface area (Å²) in [6.45, 7) is 6.12. The lowest BCUT2D eigenvalue weighted by molar-refractivity contribution is 0.0520. The largest absolute Gasteiger partial charge is 0.461 e. The van der Waals surface area contributed by atoms with E-state index in [1.54, 1.807) is 17.2 Å². The van der Waals surface area contributed by atoms with E-state index in [1.165, 1.54) is 11.3 Å². The molecule has 3 aromatic rings. The fourth-order valence-corrected chi connectivity index (χ4v) is 3.88. The zero-order chi connectivity index (χ0) is 21.3. The Balaban J connectivity index is 1.78. The molecule has 2 aromatic carbocycles. The van der Waals surface area contributed by atoms with Crippen LogP contribution in [0.4, 0.5) is 0 Å². The summed E-state index contributed by atoms with van der Waals surface area (Å²) in [4.78, 5) is 31.3. The lowest BCUT2D eigenvalue weighted by Crippen LogP contribution is -2.32. The van der Waals surface area contributed by atoms with Gasteiger partial charge in [0.15, 0.2) is 5.69 Å². The van der Waals surface area contributed by atoms with Gasteiger partial charge in [-0.15, -0.1) is 11.3 Å². The summed E-state index contributed by atoms with van der Waals surface area (Å²) < 4.78 is 10.4. The maximum atomic E-state index is 13.3. The van der Waals surface area contributed by atoms with Gasteiger partial charge in [-0.05, 0) is 43.2 Å². The Kier molecular flexibility index (Phi) is 7.93. The number of benzene rings is 2. The standard InChI is InChI=1S/C23H26N2O4S/c1-3-28-13-7-12-25(15-21-24-20(16-30-21)23(27)29-4-2)22(26)19-11-10-17-8-5-6-9-18(17)14-19/h5-6,8-11,14,16H,3-4,7,12-13,15H2,1-2H3. The first-order chi connectivity index (χ1) is 14.6. The van der Waals surface area contributed by atoms with Crippen molar-refractivity contribution in [3.05, 3.63) is 64.1 Å². The van der Waals surface area contributed by atoms with Crippen molar-refractivity contribution < 1.29 is 19.1 Å². The smallest absolute Gasteiger partial charge is 0.357 e. The maximum Gasteiger partial charge on any atom is 0.357 e. The van der Waals surface area contributed by atoms with Crippen LogP contribution in [-0.4, -0.2) is 48.1 Å². The highest BCUT2D eigenvalue weighted by molar-refractivity contribution is 7.09. The Morgan fingerprint density at radius 1 is 1.07 bits per heavy atom. The molecule has 3 rings (SSSR count). The summed E-state index contributed by atoms with van der Waals surface area (Å²) in [7, 11) is 0.